The zero-order chi connectivity index (χ0) is 15.5. The fourth-order valence-electron chi connectivity index (χ4n) is 2.70. The Morgan fingerprint density at radius 1 is 1.00 bits per heavy atom. The van der Waals surface area contributed by atoms with E-state index < -0.39 is 6.10 Å². The summed E-state index contributed by atoms with van der Waals surface area (Å²) in [5.74, 6) is 0.726. The number of aliphatic hydroxyl groups is 1. The van der Waals surface area contributed by atoms with Crippen LogP contribution in [-0.2, 0) is 0 Å². The van der Waals surface area contributed by atoms with Gasteiger partial charge in [-0.05, 0) is 17.2 Å². The first-order valence-electron chi connectivity index (χ1n) is 7.45. The first kappa shape index (κ1) is 14.5. The van der Waals surface area contributed by atoms with E-state index in [1.165, 1.54) is 0 Å². The number of aliphatic hydroxyl groups excluding tert-OH is 1. The van der Waals surface area contributed by atoms with Crippen molar-refractivity contribution in [1.29, 1.82) is 0 Å². The van der Waals surface area contributed by atoms with Crippen LogP contribution in [0.2, 0.25) is 0 Å². The van der Waals surface area contributed by atoms with Crippen molar-refractivity contribution in [3.05, 3.63) is 54.1 Å². The van der Waals surface area contributed by atoms with Crippen molar-refractivity contribution in [2.75, 3.05) is 6.61 Å². The summed E-state index contributed by atoms with van der Waals surface area (Å²) in [7, 11) is 0. The molecule has 3 nitrogen and oxygen atoms in total. The number of rotatable bonds is 5. The van der Waals surface area contributed by atoms with Crippen LogP contribution in [0.15, 0.2) is 48.5 Å². The van der Waals surface area contributed by atoms with E-state index in [1.807, 2.05) is 55.5 Å². The van der Waals surface area contributed by atoms with Crippen molar-refractivity contribution in [1.82, 2.24) is 0 Å². The standard InChI is InChI=1S/C19H18O3/c1-2-13(21)12-22-19-16-9-5-3-7-14(16)18(11-20)15-8-4-6-10-17(15)19/h3-11,13,21H,2,12H2,1H3. The zero-order valence-corrected chi connectivity index (χ0v) is 12.5. The molecular weight excluding hydrogens is 276 g/mol. The topological polar surface area (TPSA) is 46.5 Å². The average molecular weight is 294 g/mol. The Hall–Kier alpha value is -2.39. The van der Waals surface area contributed by atoms with E-state index in [0.29, 0.717) is 12.0 Å². The maximum Gasteiger partial charge on any atom is 0.151 e. The van der Waals surface area contributed by atoms with Crippen LogP contribution in [0.4, 0.5) is 0 Å². The Labute approximate surface area is 129 Å². The molecule has 3 aromatic rings. The first-order chi connectivity index (χ1) is 10.8. The summed E-state index contributed by atoms with van der Waals surface area (Å²) >= 11 is 0. The van der Waals surface area contributed by atoms with Crippen LogP contribution in [-0.4, -0.2) is 24.1 Å². The van der Waals surface area contributed by atoms with E-state index >= 15 is 0 Å². The highest BCUT2D eigenvalue weighted by Gasteiger charge is 2.14. The number of aldehydes is 1. The van der Waals surface area contributed by atoms with Gasteiger partial charge in [0.1, 0.15) is 12.4 Å². The second-order valence-electron chi connectivity index (χ2n) is 5.32. The molecule has 0 saturated heterocycles. The third kappa shape index (κ3) is 2.44. The van der Waals surface area contributed by atoms with Crippen LogP contribution in [0, 0.1) is 0 Å². The van der Waals surface area contributed by atoms with Gasteiger partial charge in [-0.3, -0.25) is 4.79 Å². The second kappa shape index (κ2) is 6.16. The lowest BCUT2D eigenvalue weighted by molar-refractivity contribution is 0.106. The lowest BCUT2D eigenvalue weighted by Crippen LogP contribution is -2.16. The maximum atomic E-state index is 11.6. The molecule has 0 aliphatic rings. The minimum atomic E-state index is -0.497. The van der Waals surface area contributed by atoms with Crippen molar-refractivity contribution in [2.24, 2.45) is 0 Å². The molecule has 0 spiro atoms. The molecule has 1 unspecified atom stereocenters. The van der Waals surface area contributed by atoms with Crippen LogP contribution in [0.3, 0.4) is 0 Å². The summed E-state index contributed by atoms with van der Waals surface area (Å²) in [6, 6.07) is 15.4. The van der Waals surface area contributed by atoms with Gasteiger partial charge in [0.15, 0.2) is 6.29 Å². The van der Waals surface area contributed by atoms with Crippen molar-refractivity contribution < 1.29 is 14.6 Å². The molecule has 0 fully saturated rings. The van der Waals surface area contributed by atoms with Crippen LogP contribution in [0.5, 0.6) is 5.75 Å². The van der Waals surface area contributed by atoms with E-state index in [2.05, 4.69) is 0 Å². The molecule has 0 radical (unpaired) electrons. The Balaban J connectivity index is 2.29. The zero-order valence-electron chi connectivity index (χ0n) is 12.5. The number of fused-ring (bicyclic) bond motifs is 2. The normalized spacial score (nSPS) is 12.5. The van der Waals surface area contributed by atoms with Crippen LogP contribution in [0.1, 0.15) is 23.7 Å². The van der Waals surface area contributed by atoms with Gasteiger partial charge in [-0.2, -0.15) is 0 Å². The van der Waals surface area contributed by atoms with Gasteiger partial charge < -0.3 is 9.84 Å². The quantitative estimate of drug-likeness (QED) is 0.572. The monoisotopic (exact) mass is 294 g/mol. The fraction of sp³-hybridized carbons (Fsp3) is 0.211. The Bertz CT molecular complexity index is 766. The van der Waals surface area contributed by atoms with E-state index in [1.54, 1.807) is 0 Å². The molecule has 0 heterocycles. The summed E-state index contributed by atoms with van der Waals surface area (Å²) in [5.41, 5.74) is 0.676. The summed E-state index contributed by atoms with van der Waals surface area (Å²) < 4.78 is 5.92. The van der Waals surface area contributed by atoms with Gasteiger partial charge in [-0.15, -0.1) is 0 Å². The van der Waals surface area contributed by atoms with E-state index in [9.17, 15) is 9.90 Å². The summed E-state index contributed by atoms with van der Waals surface area (Å²) in [6.07, 6.45) is 1.04. The molecule has 0 aromatic heterocycles. The summed E-state index contributed by atoms with van der Waals surface area (Å²) in [5, 5.41) is 13.3. The van der Waals surface area contributed by atoms with Gasteiger partial charge in [0, 0.05) is 16.3 Å². The Morgan fingerprint density at radius 3 is 1.95 bits per heavy atom. The molecule has 1 atom stereocenters. The molecule has 3 heteroatoms. The molecule has 112 valence electrons. The van der Waals surface area contributed by atoms with Crippen molar-refractivity contribution >= 4 is 27.8 Å². The van der Waals surface area contributed by atoms with Gasteiger partial charge in [0.05, 0.1) is 6.10 Å². The predicted molar refractivity (Wildman–Crippen MR) is 88.6 cm³/mol. The number of benzene rings is 3. The summed E-state index contributed by atoms with van der Waals surface area (Å²) in [4.78, 5) is 11.6. The lowest BCUT2D eigenvalue weighted by atomic mass is 9.96. The van der Waals surface area contributed by atoms with Gasteiger partial charge in [-0.25, -0.2) is 0 Å². The molecule has 0 bridgehead atoms. The number of carbonyl (C=O) groups excluding carboxylic acids is 1. The van der Waals surface area contributed by atoms with Gasteiger partial charge >= 0.3 is 0 Å². The first-order valence-corrected chi connectivity index (χ1v) is 7.45. The molecule has 3 rings (SSSR count). The molecule has 0 aliphatic heterocycles. The smallest absolute Gasteiger partial charge is 0.151 e. The highest BCUT2D eigenvalue weighted by molar-refractivity contribution is 6.16. The number of ether oxygens (including phenoxy) is 1. The van der Waals surface area contributed by atoms with Crippen LogP contribution in [0.25, 0.3) is 21.5 Å². The average Bonchev–Trinajstić information content (AvgIpc) is 2.58. The maximum absolute atomic E-state index is 11.6. The SMILES string of the molecule is CCC(O)COc1c2ccccc2c(C=O)c2ccccc12. The Kier molecular flexibility index (Phi) is 4.07. The third-order valence-electron chi connectivity index (χ3n) is 3.93. The van der Waals surface area contributed by atoms with Gasteiger partial charge in [0.2, 0.25) is 0 Å². The number of hydrogen-bond acceptors (Lipinski definition) is 3. The summed E-state index contributed by atoms with van der Waals surface area (Å²) in [6.45, 7) is 2.16. The van der Waals surface area contributed by atoms with Crippen molar-refractivity contribution in [3.8, 4) is 5.75 Å². The number of hydrogen-bond donors (Lipinski definition) is 1. The Morgan fingerprint density at radius 2 is 1.50 bits per heavy atom. The highest BCUT2D eigenvalue weighted by atomic mass is 16.5. The van der Waals surface area contributed by atoms with Crippen LogP contribution < -0.4 is 4.74 Å². The molecular formula is C19H18O3. The molecule has 0 amide bonds. The fourth-order valence-corrected chi connectivity index (χ4v) is 2.70. The molecule has 22 heavy (non-hydrogen) atoms. The molecule has 0 aliphatic carbocycles. The van der Waals surface area contributed by atoms with Crippen molar-refractivity contribution in [3.63, 3.8) is 0 Å². The lowest BCUT2D eigenvalue weighted by Gasteiger charge is -2.16. The van der Waals surface area contributed by atoms with Gasteiger partial charge in [0.25, 0.3) is 0 Å². The number of carbonyl (C=O) groups is 1. The highest BCUT2D eigenvalue weighted by Crippen LogP contribution is 2.37. The molecule has 0 saturated carbocycles. The third-order valence-corrected chi connectivity index (χ3v) is 3.93. The van der Waals surface area contributed by atoms with E-state index in [0.717, 1.165) is 33.6 Å². The van der Waals surface area contributed by atoms with Crippen LogP contribution >= 0.6 is 0 Å². The second-order valence-corrected chi connectivity index (χ2v) is 5.32. The largest absolute Gasteiger partial charge is 0.490 e. The van der Waals surface area contributed by atoms with Crippen molar-refractivity contribution in [2.45, 2.75) is 19.4 Å². The molecule has 3 aromatic carbocycles. The van der Waals surface area contributed by atoms with E-state index in [-0.39, 0.29) is 6.61 Å². The van der Waals surface area contributed by atoms with E-state index in [4.69, 9.17) is 4.74 Å². The molecule has 1 N–H and O–H groups in total. The predicted octanol–water partition coefficient (Wildman–Crippen LogP) is 3.96. The van der Waals surface area contributed by atoms with Gasteiger partial charge in [-0.1, -0.05) is 55.5 Å². The minimum absolute atomic E-state index is 0.241. The minimum Gasteiger partial charge on any atom is -0.490 e.